The molecule has 1 aromatic carbocycles. The highest BCUT2D eigenvalue weighted by atomic mass is 35.5. The van der Waals surface area contributed by atoms with Crippen molar-refractivity contribution in [2.24, 2.45) is 17.6 Å². The Morgan fingerprint density at radius 2 is 1.95 bits per heavy atom. The number of carbonyl (C=O) groups excluding carboxylic acids is 1. The molecule has 0 spiro atoms. The number of benzene rings is 1. The van der Waals surface area contributed by atoms with Crippen LogP contribution in [0.25, 0.3) is 0 Å². The molecule has 114 valence electrons. The Hall–Kier alpha value is -1.06. The molecule has 1 amide bonds. The summed E-state index contributed by atoms with van der Waals surface area (Å²) in [7, 11) is 0. The lowest BCUT2D eigenvalue weighted by Crippen LogP contribution is -2.53. The van der Waals surface area contributed by atoms with Gasteiger partial charge in [-0.05, 0) is 62.1 Å². The molecule has 2 atom stereocenters. The van der Waals surface area contributed by atoms with Gasteiger partial charge in [0.25, 0.3) is 5.91 Å². The predicted molar refractivity (Wildman–Crippen MR) is 85.5 cm³/mol. The van der Waals surface area contributed by atoms with Crippen molar-refractivity contribution in [3.63, 3.8) is 0 Å². The van der Waals surface area contributed by atoms with Gasteiger partial charge in [-0.1, -0.05) is 24.1 Å². The van der Waals surface area contributed by atoms with Gasteiger partial charge in [-0.25, -0.2) is 0 Å². The molecule has 0 aliphatic heterocycles. The van der Waals surface area contributed by atoms with Gasteiger partial charge in [0.05, 0.1) is 0 Å². The molecule has 0 saturated heterocycles. The lowest BCUT2D eigenvalue weighted by molar-refractivity contribution is 0.0756. The van der Waals surface area contributed by atoms with Gasteiger partial charge in [0.2, 0.25) is 0 Å². The van der Waals surface area contributed by atoms with E-state index in [1.165, 1.54) is 19.3 Å². The number of carbonyl (C=O) groups is 1. The summed E-state index contributed by atoms with van der Waals surface area (Å²) in [6.45, 7) is 1.94. The second-order valence-electron chi connectivity index (χ2n) is 6.65. The first kappa shape index (κ1) is 14.9. The van der Waals surface area contributed by atoms with Crippen molar-refractivity contribution in [3.8, 4) is 0 Å². The van der Waals surface area contributed by atoms with Gasteiger partial charge in [-0.3, -0.25) is 4.79 Å². The van der Waals surface area contributed by atoms with Crippen LogP contribution in [0.4, 0.5) is 0 Å². The lowest BCUT2D eigenvalue weighted by Gasteiger charge is -2.45. The van der Waals surface area contributed by atoms with Gasteiger partial charge >= 0.3 is 0 Å². The van der Waals surface area contributed by atoms with Gasteiger partial charge in [0.1, 0.15) is 0 Å². The largest absolute Gasteiger partial charge is 0.349 e. The Kier molecular flexibility index (Phi) is 4.23. The SMILES string of the molecule is Cc1ccc(C(=O)NC2C3CCCC2CC(N)C3)cc1Cl. The minimum absolute atomic E-state index is 0.00530. The fourth-order valence-electron chi connectivity index (χ4n) is 3.99. The average Bonchev–Trinajstić information content (AvgIpc) is 2.42. The molecule has 2 unspecified atom stereocenters. The normalized spacial score (nSPS) is 31.8. The molecule has 2 aliphatic rings. The van der Waals surface area contributed by atoms with E-state index < -0.39 is 0 Å². The third-order valence-electron chi connectivity index (χ3n) is 5.11. The molecule has 2 bridgehead atoms. The Bertz CT molecular complexity index is 532. The van der Waals surface area contributed by atoms with Crippen LogP contribution in [0.15, 0.2) is 18.2 Å². The van der Waals surface area contributed by atoms with Gasteiger partial charge in [-0.2, -0.15) is 0 Å². The maximum atomic E-state index is 12.5. The number of halogens is 1. The summed E-state index contributed by atoms with van der Waals surface area (Å²) in [5, 5.41) is 3.90. The minimum atomic E-state index is -0.00530. The highest BCUT2D eigenvalue weighted by Gasteiger charge is 2.39. The van der Waals surface area contributed by atoms with E-state index in [0.29, 0.717) is 28.5 Å². The van der Waals surface area contributed by atoms with Crippen LogP contribution >= 0.6 is 11.6 Å². The van der Waals surface area contributed by atoms with Crippen LogP contribution in [-0.4, -0.2) is 18.0 Å². The van der Waals surface area contributed by atoms with Crippen LogP contribution in [0, 0.1) is 18.8 Å². The van der Waals surface area contributed by atoms with Crippen molar-refractivity contribution in [2.45, 2.75) is 51.1 Å². The van der Waals surface area contributed by atoms with E-state index in [1.807, 2.05) is 19.1 Å². The van der Waals surface area contributed by atoms with Gasteiger partial charge in [0, 0.05) is 22.7 Å². The summed E-state index contributed by atoms with van der Waals surface area (Å²) in [5.74, 6) is 1.07. The summed E-state index contributed by atoms with van der Waals surface area (Å²) >= 11 is 6.12. The van der Waals surface area contributed by atoms with E-state index in [4.69, 9.17) is 17.3 Å². The van der Waals surface area contributed by atoms with Crippen molar-refractivity contribution in [1.82, 2.24) is 5.32 Å². The number of nitrogens with two attached hydrogens (primary N) is 1. The van der Waals surface area contributed by atoms with Gasteiger partial charge < -0.3 is 11.1 Å². The highest BCUT2D eigenvalue weighted by molar-refractivity contribution is 6.31. The smallest absolute Gasteiger partial charge is 0.251 e. The molecule has 0 radical (unpaired) electrons. The molecule has 3 rings (SSSR count). The van der Waals surface area contributed by atoms with Crippen LogP contribution in [0.1, 0.15) is 48.0 Å². The number of fused-ring (bicyclic) bond motifs is 2. The average molecular weight is 307 g/mol. The molecule has 1 aromatic rings. The van der Waals surface area contributed by atoms with Crippen LogP contribution in [-0.2, 0) is 0 Å². The zero-order valence-electron chi connectivity index (χ0n) is 12.4. The molecular weight excluding hydrogens is 284 g/mol. The van der Waals surface area contributed by atoms with Crippen LogP contribution in [0.3, 0.4) is 0 Å². The maximum Gasteiger partial charge on any atom is 0.251 e. The van der Waals surface area contributed by atoms with E-state index in [-0.39, 0.29) is 11.9 Å². The molecule has 21 heavy (non-hydrogen) atoms. The van der Waals surface area contributed by atoms with Crippen LogP contribution < -0.4 is 11.1 Å². The predicted octanol–water partition coefficient (Wildman–Crippen LogP) is 3.28. The Morgan fingerprint density at radius 3 is 2.57 bits per heavy atom. The minimum Gasteiger partial charge on any atom is -0.349 e. The van der Waals surface area contributed by atoms with Crippen LogP contribution in [0.5, 0.6) is 0 Å². The molecule has 0 heterocycles. The molecule has 2 fully saturated rings. The molecule has 2 saturated carbocycles. The molecule has 3 nitrogen and oxygen atoms in total. The quantitative estimate of drug-likeness (QED) is 0.881. The van der Waals surface area contributed by atoms with Crippen molar-refractivity contribution < 1.29 is 4.79 Å². The standard InChI is InChI=1S/C17H23ClN2O/c1-10-5-6-13(9-15(10)18)17(21)20-16-11-3-2-4-12(16)8-14(19)7-11/h5-6,9,11-12,14,16H,2-4,7-8,19H2,1H3,(H,20,21). The molecule has 2 aliphatic carbocycles. The first-order valence-corrected chi connectivity index (χ1v) is 8.25. The molecule has 4 heteroatoms. The van der Waals surface area contributed by atoms with Crippen molar-refractivity contribution in [1.29, 1.82) is 0 Å². The number of rotatable bonds is 2. The number of nitrogens with one attached hydrogen (secondary N) is 1. The van der Waals surface area contributed by atoms with E-state index >= 15 is 0 Å². The summed E-state index contributed by atoms with van der Waals surface area (Å²) in [6, 6.07) is 6.10. The summed E-state index contributed by atoms with van der Waals surface area (Å²) in [5.41, 5.74) is 7.78. The Balaban J connectivity index is 1.73. The zero-order chi connectivity index (χ0) is 15.0. The van der Waals surface area contributed by atoms with Gasteiger partial charge in [0.15, 0.2) is 0 Å². The molecule has 3 N–H and O–H groups in total. The number of hydrogen-bond donors (Lipinski definition) is 2. The van der Waals surface area contributed by atoms with Crippen molar-refractivity contribution >= 4 is 17.5 Å². The summed E-state index contributed by atoms with van der Waals surface area (Å²) in [4.78, 5) is 12.5. The van der Waals surface area contributed by atoms with E-state index in [1.54, 1.807) is 6.07 Å². The van der Waals surface area contributed by atoms with Gasteiger partial charge in [-0.15, -0.1) is 0 Å². The maximum absolute atomic E-state index is 12.5. The van der Waals surface area contributed by atoms with E-state index in [0.717, 1.165) is 18.4 Å². The second kappa shape index (κ2) is 5.98. The topological polar surface area (TPSA) is 55.1 Å². The summed E-state index contributed by atoms with van der Waals surface area (Å²) < 4.78 is 0. The molecular formula is C17H23ClN2O. The monoisotopic (exact) mass is 306 g/mol. The number of hydrogen-bond acceptors (Lipinski definition) is 2. The van der Waals surface area contributed by atoms with Crippen molar-refractivity contribution in [2.75, 3.05) is 0 Å². The van der Waals surface area contributed by atoms with E-state index in [9.17, 15) is 4.79 Å². The first-order valence-electron chi connectivity index (χ1n) is 7.87. The summed E-state index contributed by atoms with van der Waals surface area (Å²) in [6.07, 6.45) is 5.71. The van der Waals surface area contributed by atoms with Crippen molar-refractivity contribution in [3.05, 3.63) is 34.3 Å². The third kappa shape index (κ3) is 3.09. The second-order valence-corrected chi connectivity index (χ2v) is 7.05. The number of aryl methyl sites for hydroxylation is 1. The van der Waals surface area contributed by atoms with Crippen LogP contribution in [0.2, 0.25) is 5.02 Å². The first-order chi connectivity index (χ1) is 10.0. The Morgan fingerprint density at radius 1 is 1.29 bits per heavy atom. The number of amides is 1. The zero-order valence-corrected chi connectivity index (χ0v) is 13.2. The fourth-order valence-corrected chi connectivity index (χ4v) is 4.17. The third-order valence-corrected chi connectivity index (χ3v) is 5.52. The fraction of sp³-hybridized carbons (Fsp3) is 0.588. The molecule has 0 aromatic heterocycles. The van der Waals surface area contributed by atoms with E-state index in [2.05, 4.69) is 5.32 Å². The Labute approximate surface area is 131 Å². The lowest BCUT2D eigenvalue weighted by atomic mass is 9.67. The highest BCUT2D eigenvalue weighted by Crippen LogP contribution is 2.39.